The fourth-order valence-electron chi connectivity index (χ4n) is 1.96. The van der Waals surface area contributed by atoms with Crippen molar-refractivity contribution in [1.29, 1.82) is 0 Å². The maximum Gasteiger partial charge on any atom is 0.181 e. The summed E-state index contributed by atoms with van der Waals surface area (Å²) in [5, 5.41) is 6.77. The summed E-state index contributed by atoms with van der Waals surface area (Å²) in [6, 6.07) is 13.2. The van der Waals surface area contributed by atoms with E-state index in [9.17, 15) is 8.78 Å². The zero-order valence-electron chi connectivity index (χ0n) is 10.5. The molecular formula is C15H11F2N3. The van der Waals surface area contributed by atoms with Gasteiger partial charge >= 0.3 is 0 Å². The molecule has 1 aromatic heterocycles. The first kappa shape index (κ1) is 12.5. The predicted octanol–water partition coefficient (Wildman–Crippen LogP) is 3.34. The van der Waals surface area contributed by atoms with E-state index < -0.39 is 11.6 Å². The minimum atomic E-state index is -0.581. The standard InChI is InChI=1S/C15H11F2N3/c16-12-7-4-8-13(17)11(12)9-14-18-15(20-19-14)10-5-2-1-3-6-10/h1-8H,9H2,(H,18,19,20). The molecule has 3 nitrogen and oxygen atoms in total. The van der Waals surface area contributed by atoms with Gasteiger partial charge in [-0.1, -0.05) is 36.4 Å². The molecule has 5 heteroatoms. The van der Waals surface area contributed by atoms with Gasteiger partial charge in [-0.15, -0.1) is 0 Å². The molecule has 0 saturated carbocycles. The molecule has 20 heavy (non-hydrogen) atoms. The highest BCUT2D eigenvalue weighted by atomic mass is 19.1. The normalized spacial score (nSPS) is 10.7. The molecule has 0 unspecified atom stereocenters. The molecule has 1 N–H and O–H groups in total. The highest BCUT2D eigenvalue weighted by Gasteiger charge is 2.12. The van der Waals surface area contributed by atoms with Gasteiger partial charge in [-0.05, 0) is 12.1 Å². The Bertz CT molecular complexity index is 703. The zero-order chi connectivity index (χ0) is 13.9. The number of nitrogens with zero attached hydrogens (tertiary/aromatic N) is 2. The largest absolute Gasteiger partial charge is 0.262 e. The van der Waals surface area contributed by atoms with Crippen LogP contribution in [-0.2, 0) is 6.42 Å². The third-order valence-corrected chi connectivity index (χ3v) is 2.97. The van der Waals surface area contributed by atoms with Crippen LogP contribution in [0.3, 0.4) is 0 Å². The second-order valence-electron chi connectivity index (χ2n) is 4.35. The number of hydrogen-bond donors (Lipinski definition) is 1. The van der Waals surface area contributed by atoms with Crippen LogP contribution >= 0.6 is 0 Å². The minimum absolute atomic E-state index is 0.0109. The Morgan fingerprint density at radius 2 is 1.60 bits per heavy atom. The first-order valence-electron chi connectivity index (χ1n) is 6.13. The van der Waals surface area contributed by atoms with Crippen LogP contribution in [0.2, 0.25) is 0 Å². The summed E-state index contributed by atoms with van der Waals surface area (Å²) in [7, 11) is 0. The van der Waals surface area contributed by atoms with Crippen LogP contribution < -0.4 is 0 Å². The Hall–Kier alpha value is -2.56. The van der Waals surface area contributed by atoms with E-state index in [1.54, 1.807) is 0 Å². The zero-order valence-corrected chi connectivity index (χ0v) is 10.5. The van der Waals surface area contributed by atoms with Crippen LogP contribution in [0.25, 0.3) is 11.4 Å². The summed E-state index contributed by atoms with van der Waals surface area (Å²) in [4.78, 5) is 4.26. The number of nitrogens with one attached hydrogen (secondary N) is 1. The van der Waals surface area contributed by atoms with Gasteiger partial charge in [-0.25, -0.2) is 13.8 Å². The van der Waals surface area contributed by atoms with Crippen molar-refractivity contribution in [2.45, 2.75) is 6.42 Å². The molecule has 0 aliphatic heterocycles. The molecule has 3 rings (SSSR count). The minimum Gasteiger partial charge on any atom is -0.262 e. The monoisotopic (exact) mass is 271 g/mol. The van der Waals surface area contributed by atoms with Crippen molar-refractivity contribution in [3.05, 3.63) is 71.6 Å². The predicted molar refractivity (Wildman–Crippen MR) is 71.0 cm³/mol. The van der Waals surface area contributed by atoms with Crippen molar-refractivity contribution in [3.63, 3.8) is 0 Å². The fourth-order valence-corrected chi connectivity index (χ4v) is 1.96. The molecule has 0 aliphatic carbocycles. The lowest BCUT2D eigenvalue weighted by atomic mass is 10.1. The van der Waals surface area contributed by atoms with Crippen LogP contribution in [-0.4, -0.2) is 15.2 Å². The highest BCUT2D eigenvalue weighted by molar-refractivity contribution is 5.53. The molecule has 2 aromatic carbocycles. The summed E-state index contributed by atoms with van der Waals surface area (Å²) in [6.45, 7) is 0. The summed E-state index contributed by atoms with van der Waals surface area (Å²) in [5.41, 5.74) is 0.840. The van der Waals surface area contributed by atoms with Crippen LogP contribution in [0, 0.1) is 11.6 Å². The van der Waals surface area contributed by atoms with Crippen LogP contribution in [0.1, 0.15) is 11.4 Å². The maximum atomic E-state index is 13.6. The molecule has 0 fully saturated rings. The van der Waals surface area contributed by atoms with Gasteiger partial charge in [-0.2, -0.15) is 5.10 Å². The fraction of sp³-hybridized carbons (Fsp3) is 0.0667. The third kappa shape index (κ3) is 2.42. The molecule has 0 bridgehead atoms. The molecule has 0 saturated heterocycles. The molecule has 0 amide bonds. The summed E-state index contributed by atoms with van der Waals surface area (Å²) < 4.78 is 27.1. The number of H-pyrrole nitrogens is 1. The molecule has 1 heterocycles. The summed E-state index contributed by atoms with van der Waals surface area (Å²) in [6.07, 6.45) is 0.0400. The Kier molecular flexibility index (Phi) is 3.25. The average Bonchev–Trinajstić information content (AvgIpc) is 2.93. The molecule has 0 aliphatic rings. The van der Waals surface area contributed by atoms with Crippen molar-refractivity contribution in [1.82, 2.24) is 15.2 Å². The Morgan fingerprint density at radius 1 is 0.900 bits per heavy atom. The topological polar surface area (TPSA) is 41.6 Å². The van der Waals surface area contributed by atoms with Crippen LogP contribution in [0.4, 0.5) is 8.78 Å². The van der Waals surface area contributed by atoms with Crippen molar-refractivity contribution < 1.29 is 8.78 Å². The first-order valence-corrected chi connectivity index (χ1v) is 6.13. The number of halogens is 2. The number of benzene rings is 2. The van der Waals surface area contributed by atoms with Gasteiger partial charge < -0.3 is 0 Å². The first-order chi connectivity index (χ1) is 9.74. The van der Waals surface area contributed by atoms with E-state index in [2.05, 4.69) is 15.2 Å². The smallest absolute Gasteiger partial charge is 0.181 e. The van der Waals surface area contributed by atoms with Crippen molar-refractivity contribution in [2.24, 2.45) is 0 Å². The van der Waals surface area contributed by atoms with E-state index in [0.717, 1.165) is 5.56 Å². The van der Waals surface area contributed by atoms with Gasteiger partial charge in [0.1, 0.15) is 17.5 Å². The van der Waals surface area contributed by atoms with E-state index in [4.69, 9.17) is 0 Å². The SMILES string of the molecule is Fc1cccc(F)c1Cc1nc(-c2ccccc2)n[nH]1. The van der Waals surface area contributed by atoms with Gasteiger partial charge in [-0.3, -0.25) is 5.10 Å². The molecular weight excluding hydrogens is 260 g/mol. The van der Waals surface area contributed by atoms with E-state index in [0.29, 0.717) is 11.6 Å². The lowest BCUT2D eigenvalue weighted by molar-refractivity contribution is 0.559. The number of aromatic amines is 1. The Morgan fingerprint density at radius 3 is 2.30 bits per heavy atom. The number of aromatic nitrogens is 3. The van der Waals surface area contributed by atoms with Crippen LogP contribution in [0.5, 0.6) is 0 Å². The molecule has 0 atom stereocenters. The molecule has 0 radical (unpaired) electrons. The van der Waals surface area contributed by atoms with E-state index >= 15 is 0 Å². The van der Waals surface area contributed by atoms with Gasteiger partial charge in [0.15, 0.2) is 5.82 Å². The third-order valence-electron chi connectivity index (χ3n) is 2.97. The van der Waals surface area contributed by atoms with Crippen LogP contribution in [0.15, 0.2) is 48.5 Å². The van der Waals surface area contributed by atoms with Gasteiger partial charge in [0.25, 0.3) is 0 Å². The summed E-state index contributed by atoms with van der Waals surface area (Å²) in [5.74, 6) is -0.226. The second kappa shape index (κ2) is 5.21. The second-order valence-corrected chi connectivity index (χ2v) is 4.35. The number of rotatable bonds is 3. The van der Waals surface area contributed by atoms with E-state index in [1.165, 1.54) is 18.2 Å². The highest BCUT2D eigenvalue weighted by Crippen LogP contribution is 2.17. The van der Waals surface area contributed by atoms with E-state index in [1.807, 2.05) is 30.3 Å². The maximum absolute atomic E-state index is 13.6. The molecule has 3 aromatic rings. The quantitative estimate of drug-likeness (QED) is 0.793. The average molecular weight is 271 g/mol. The van der Waals surface area contributed by atoms with Gasteiger partial charge in [0.05, 0.1) is 0 Å². The van der Waals surface area contributed by atoms with Crippen molar-refractivity contribution in [3.8, 4) is 11.4 Å². The Labute approximate surface area is 114 Å². The Balaban J connectivity index is 1.88. The van der Waals surface area contributed by atoms with Gasteiger partial charge in [0.2, 0.25) is 0 Å². The lowest BCUT2D eigenvalue weighted by Crippen LogP contribution is -1.98. The summed E-state index contributed by atoms with van der Waals surface area (Å²) >= 11 is 0. The van der Waals surface area contributed by atoms with Crippen molar-refractivity contribution in [2.75, 3.05) is 0 Å². The molecule has 0 spiro atoms. The van der Waals surface area contributed by atoms with Crippen molar-refractivity contribution >= 4 is 0 Å². The number of hydrogen-bond acceptors (Lipinski definition) is 2. The van der Waals surface area contributed by atoms with E-state index in [-0.39, 0.29) is 12.0 Å². The lowest BCUT2D eigenvalue weighted by Gasteiger charge is -2.01. The van der Waals surface area contributed by atoms with Gasteiger partial charge in [0, 0.05) is 17.5 Å². The molecule has 100 valence electrons.